The number of benzene rings is 6. The zero-order valence-electron chi connectivity index (χ0n) is 25.5. The van der Waals surface area contributed by atoms with Crippen molar-refractivity contribution in [3.05, 3.63) is 130 Å². The highest BCUT2D eigenvalue weighted by atomic mass is 14.3. The monoisotopic (exact) mass is 566 g/mol. The van der Waals surface area contributed by atoms with Gasteiger partial charge in [-0.25, -0.2) is 0 Å². The van der Waals surface area contributed by atoms with Crippen LogP contribution in [0.5, 0.6) is 0 Å². The number of rotatable bonds is 2. The van der Waals surface area contributed by atoms with E-state index in [0.717, 1.165) is 22.3 Å². The van der Waals surface area contributed by atoms with E-state index in [0.29, 0.717) is 11.8 Å². The van der Waals surface area contributed by atoms with Gasteiger partial charge in [0.2, 0.25) is 0 Å². The second-order valence-corrected chi connectivity index (χ2v) is 13.0. The molecule has 0 radical (unpaired) electrons. The Labute approximate surface area is 261 Å². The van der Waals surface area contributed by atoms with Crippen molar-refractivity contribution in [2.45, 2.75) is 76.0 Å². The van der Waals surface area contributed by atoms with E-state index >= 15 is 0 Å². The molecule has 6 aromatic carbocycles. The van der Waals surface area contributed by atoms with E-state index in [1.807, 2.05) is 0 Å². The summed E-state index contributed by atoms with van der Waals surface area (Å²) in [6.45, 7) is 0. The molecule has 0 atom stereocenters. The minimum absolute atomic E-state index is 0.598. The third-order valence-corrected chi connectivity index (χ3v) is 10.3. The van der Waals surface area contributed by atoms with Crippen LogP contribution in [-0.2, 0) is 0 Å². The maximum absolute atomic E-state index is 3.66. The smallest absolute Gasteiger partial charge is 0.0331 e. The average molecular weight is 567 g/mol. The fourth-order valence-electron chi connectivity index (χ4n) is 8.08. The summed E-state index contributed by atoms with van der Waals surface area (Å²) in [7, 11) is 0. The molecule has 0 heterocycles. The van der Waals surface area contributed by atoms with Crippen LogP contribution in [0.25, 0.3) is 32.3 Å². The Hall–Kier alpha value is -4.52. The lowest BCUT2D eigenvalue weighted by molar-refractivity contribution is 0.445. The van der Waals surface area contributed by atoms with E-state index in [2.05, 4.69) is 121 Å². The maximum atomic E-state index is 3.66. The molecule has 0 N–H and O–H groups in total. The molecule has 0 amide bonds. The van der Waals surface area contributed by atoms with Crippen molar-refractivity contribution in [2.75, 3.05) is 0 Å². The molecule has 0 aromatic heterocycles. The van der Waals surface area contributed by atoms with Gasteiger partial charge in [0, 0.05) is 22.3 Å². The Morgan fingerprint density at radius 3 is 1.18 bits per heavy atom. The minimum Gasteiger partial charge on any atom is -0.0622 e. The molecule has 2 aliphatic rings. The highest BCUT2D eigenvalue weighted by Crippen LogP contribution is 2.46. The molecule has 0 aliphatic heterocycles. The summed E-state index contributed by atoms with van der Waals surface area (Å²) in [5.41, 5.74) is 7.46. The van der Waals surface area contributed by atoms with Gasteiger partial charge in [-0.3, -0.25) is 0 Å². The van der Waals surface area contributed by atoms with Crippen LogP contribution in [0.4, 0.5) is 0 Å². The SMILES string of the molecule is C(#Cc1cc(C2CCCCC2)c2ccc3c(C4CCCCC4)cc(C#Cc4ccccc4)c4ccc1c2c43)c1ccccc1. The van der Waals surface area contributed by atoms with Gasteiger partial charge in [0.1, 0.15) is 0 Å². The van der Waals surface area contributed by atoms with Crippen LogP contribution < -0.4 is 0 Å². The Balaban J connectivity index is 1.43. The van der Waals surface area contributed by atoms with Crippen LogP contribution in [0.3, 0.4) is 0 Å². The summed E-state index contributed by atoms with van der Waals surface area (Å²) >= 11 is 0. The molecule has 8 rings (SSSR count). The van der Waals surface area contributed by atoms with Gasteiger partial charge in [0.15, 0.2) is 0 Å². The summed E-state index contributed by atoms with van der Waals surface area (Å²) in [6.07, 6.45) is 13.1. The summed E-state index contributed by atoms with van der Waals surface area (Å²) in [5, 5.41) is 8.23. The van der Waals surface area contributed by atoms with Gasteiger partial charge >= 0.3 is 0 Å². The lowest BCUT2D eigenvalue weighted by Gasteiger charge is -2.27. The quantitative estimate of drug-likeness (QED) is 0.144. The molecule has 0 spiro atoms. The third kappa shape index (κ3) is 5.04. The van der Waals surface area contributed by atoms with Gasteiger partial charge in [-0.05, 0) is 117 Å². The highest BCUT2D eigenvalue weighted by molar-refractivity contribution is 6.26. The van der Waals surface area contributed by atoms with Gasteiger partial charge in [0.25, 0.3) is 0 Å². The Kier molecular flexibility index (Phi) is 7.30. The molecule has 2 fully saturated rings. The van der Waals surface area contributed by atoms with Gasteiger partial charge in [0.05, 0.1) is 0 Å². The third-order valence-electron chi connectivity index (χ3n) is 10.3. The van der Waals surface area contributed by atoms with Crippen molar-refractivity contribution in [2.24, 2.45) is 0 Å². The molecule has 2 saturated carbocycles. The Morgan fingerprint density at radius 1 is 0.386 bits per heavy atom. The minimum atomic E-state index is 0.598. The Bertz CT molecular complexity index is 1910. The van der Waals surface area contributed by atoms with Crippen molar-refractivity contribution >= 4 is 32.3 Å². The van der Waals surface area contributed by atoms with Crippen molar-refractivity contribution in [1.82, 2.24) is 0 Å². The first-order valence-electron chi connectivity index (χ1n) is 16.8. The van der Waals surface area contributed by atoms with E-state index in [1.54, 1.807) is 0 Å². The molecule has 0 unspecified atom stereocenters. The molecule has 0 heteroatoms. The van der Waals surface area contributed by atoms with Gasteiger partial charge in [-0.15, -0.1) is 0 Å². The summed E-state index contributed by atoms with van der Waals surface area (Å²) in [6, 6.07) is 35.4. The van der Waals surface area contributed by atoms with Crippen molar-refractivity contribution < 1.29 is 0 Å². The highest BCUT2D eigenvalue weighted by Gasteiger charge is 2.25. The summed E-state index contributed by atoms with van der Waals surface area (Å²) in [5.74, 6) is 15.5. The lowest BCUT2D eigenvalue weighted by Crippen LogP contribution is -2.08. The summed E-state index contributed by atoms with van der Waals surface area (Å²) in [4.78, 5) is 0. The van der Waals surface area contributed by atoms with Crippen LogP contribution in [0.2, 0.25) is 0 Å². The van der Waals surface area contributed by atoms with Crippen LogP contribution in [-0.4, -0.2) is 0 Å². The van der Waals surface area contributed by atoms with Crippen LogP contribution >= 0.6 is 0 Å². The van der Waals surface area contributed by atoms with Crippen LogP contribution in [0, 0.1) is 23.7 Å². The largest absolute Gasteiger partial charge is 0.0622 e. The molecule has 0 bridgehead atoms. The first-order chi connectivity index (χ1) is 21.8. The molecule has 214 valence electrons. The van der Waals surface area contributed by atoms with E-state index in [-0.39, 0.29) is 0 Å². The second kappa shape index (κ2) is 11.9. The molecule has 0 saturated heterocycles. The first kappa shape index (κ1) is 27.1. The normalized spacial score (nSPS) is 16.1. The lowest BCUT2D eigenvalue weighted by atomic mass is 9.77. The van der Waals surface area contributed by atoms with Gasteiger partial charge in [-0.2, -0.15) is 0 Å². The van der Waals surface area contributed by atoms with E-state index in [1.165, 1.54) is 108 Å². The van der Waals surface area contributed by atoms with Crippen molar-refractivity contribution in [3.63, 3.8) is 0 Å². The molecule has 2 aliphatic carbocycles. The molecule has 6 aromatic rings. The van der Waals surface area contributed by atoms with Crippen molar-refractivity contribution in [1.29, 1.82) is 0 Å². The molecular weight excluding hydrogens is 528 g/mol. The van der Waals surface area contributed by atoms with Crippen molar-refractivity contribution in [3.8, 4) is 23.7 Å². The van der Waals surface area contributed by atoms with E-state index in [9.17, 15) is 0 Å². The molecular formula is C44H38. The number of hydrogen-bond acceptors (Lipinski definition) is 0. The Morgan fingerprint density at radius 2 is 0.773 bits per heavy atom. The first-order valence-corrected chi connectivity index (χ1v) is 16.8. The topological polar surface area (TPSA) is 0 Å². The van der Waals surface area contributed by atoms with Crippen LogP contribution in [0.1, 0.15) is 109 Å². The summed E-state index contributed by atoms with van der Waals surface area (Å²) < 4.78 is 0. The zero-order valence-corrected chi connectivity index (χ0v) is 25.5. The zero-order chi connectivity index (χ0) is 29.3. The predicted molar refractivity (Wildman–Crippen MR) is 187 cm³/mol. The molecule has 44 heavy (non-hydrogen) atoms. The fourth-order valence-corrected chi connectivity index (χ4v) is 8.08. The molecule has 0 nitrogen and oxygen atoms in total. The van der Waals surface area contributed by atoms with E-state index < -0.39 is 0 Å². The fraction of sp³-hybridized carbons (Fsp3) is 0.273. The predicted octanol–water partition coefficient (Wildman–Crippen LogP) is 11.5. The maximum Gasteiger partial charge on any atom is 0.0331 e. The number of hydrogen-bond donors (Lipinski definition) is 0. The standard InChI is InChI=1S/C44H38/c1-5-13-31(14-6-1)21-23-35-29-41(33-17-9-3-10-18-33)39-27-28-40-42(34-19-11-4-12-20-34)30-36(24-22-32-15-7-2-8-16-32)38-26-25-37(35)43(39)44(38)40/h1-2,5-8,13-16,25-30,33-34H,3-4,9-12,17-20H2. The van der Waals surface area contributed by atoms with E-state index in [4.69, 9.17) is 0 Å². The van der Waals surface area contributed by atoms with Gasteiger partial charge < -0.3 is 0 Å². The average Bonchev–Trinajstić information content (AvgIpc) is 3.10. The second-order valence-electron chi connectivity index (χ2n) is 13.0. The van der Waals surface area contributed by atoms with Gasteiger partial charge in [-0.1, -0.05) is 123 Å². The van der Waals surface area contributed by atoms with Crippen LogP contribution in [0.15, 0.2) is 97.1 Å².